The molecule has 1 N–H and O–H groups in total. The third kappa shape index (κ3) is 6.88. The fraction of sp³-hybridized carbons (Fsp3) is 0.667. The normalized spacial score (nSPS) is 17.3. The smallest absolute Gasteiger partial charge is 0.372 e. The van der Waals surface area contributed by atoms with Crippen LogP contribution in [0.15, 0.2) is 16.8 Å². The molecule has 1 aromatic heterocycles. The predicted molar refractivity (Wildman–Crippen MR) is 82.7 cm³/mol. The molecule has 1 amide bonds. The van der Waals surface area contributed by atoms with Gasteiger partial charge >= 0.3 is 6.18 Å². The second-order valence-electron chi connectivity index (χ2n) is 5.62. The lowest BCUT2D eigenvalue weighted by atomic mass is 10.0. The number of nitrogens with zero attached hydrogens (tertiary/aromatic N) is 1. The SMILES string of the molecule is O=C(NC1CCN(CCCOCC(F)(F)F)CC1)c1ccsc1. The standard InChI is InChI=1S/C15H21F3N2O2S/c16-15(17,18)11-22-8-1-5-20-6-2-13(3-7-20)19-14(21)12-4-9-23-10-12/h4,9-10,13H,1-3,5-8,11H2,(H,19,21). The Kier molecular flexibility index (Phi) is 6.86. The highest BCUT2D eigenvalue weighted by molar-refractivity contribution is 7.08. The van der Waals surface area contributed by atoms with Crippen LogP contribution in [0.4, 0.5) is 13.2 Å². The van der Waals surface area contributed by atoms with Crippen molar-refractivity contribution in [3.05, 3.63) is 22.4 Å². The molecule has 0 bridgehead atoms. The summed E-state index contributed by atoms with van der Waals surface area (Å²) in [7, 11) is 0. The molecule has 23 heavy (non-hydrogen) atoms. The number of hydrogen-bond acceptors (Lipinski definition) is 4. The number of nitrogens with one attached hydrogen (secondary N) is 1. The highest BCUT2D eigenvalue weighted by Gasteiger charge is 2.27. The minimum Gasteiger partial charge on any atom is -0.372 e. The first kappa shape index (κ1) is 18.2. The average Bonchev–Trinajstić information content (AvgIpc) is 3.02. The molecule has 2 rings (SSSR count). The minimum absolute atomic E-state index is 0.0368. The van der Waals surface area contributed by atoms with Crippen LogP contribution >= 0.6 is 11.3 Å². The molecule has 4 nitrogen and oxygen atoms in total. The number of likely N-dealkylation sites (tertiary alicyclic amines) is 1. The Bertz CT molecular complexity index is 472. The molecule has 1 saturated heterocycles. The van der Waals surface area contributed by atoms with Crippen molar-refractivity contribution in [1.82, 2.24) is 10.2 Å². The molecule has 0 spiro atoms. The minimum atomic E-state index is -4.25. The van der Waals surface area contributed by atoms with Crippen molar-refractivity contribution in [2.45, 2.75) is 31.5 Å². The second-order valence-corrected chi connectivity index (χ2v) is 6.40. The molecule has 0 atom stereocenters. The molecule has 1 fully saturated rings. The summed E-state index contributed by atoms with van der Waals surface area (Å²) in [5, 5.41) is 6.72. The van der Waals surface area contributed by atoms with Gasteiger partial charge in [-0.1, -0.05) is 0 Å². The van der Waals surface area contributed by atoms with Gasteiger partial charge in [0.15, 0.2) is 0 Å². The van der Waals surface area contributed by atoms with Crippen molar-refractivity contribution >= 4 is 17.2 Å². The zero-order valence-corrected chi connectivity index (χ0v) is 13.6. The number of alkyl halides is 3. The van der Waals surface area contributed by atoms with E-state index in [0.717, 1.165) is 32.5 Å². The van der Waals surface area contributed by atoms with E-state index in [1.807, 2.05) is 10.8 Å². The number of rotatable bonds is 7. The van der Waals surface area contributed by atoms with E-state index >= 15 is 0 Å². The molecule has 1 aliphatic rings. The van der Waals surface area contributed by atoms with E-state index in [4.69, 9.17) is 0 Å². The summed E-state index contributed by atoms with van der Waals surface area (Å²) in [6.07, 6.45) is -1.94. The van der Waals surface area contributed by atoms with Crippen LogP contribution in [-0.4, -0.2) is 55.9 Å². The van der Waals surface area contributed by atoms with Gasteiger partial charge in [-0.25, -0.2) is 0 Å². The molecule has 0 aromatic carbocycles. The molecule has 130 valence electrons. The second kappa shape index (κ2) is 8.65. The van der Waals surface area contributed by atoms with Crippen molar-refractivity contribution in [1.29, 1.82) is 0 Å². The molecule has 8 heteroatoms. The number of carbonyl (C=O) groups is 1. The van der Waals surface area contributed by atoms with Gasteiger partial charge in [-0.15, -0.1) is 0 Å². The maximum absolute atomic E-state index is 12.0. The van der Waals surface area contributed by atoms with Crippen LogP contribution < -0.4 is 5.32 Å². The Morgan fingerprint density at radius 3 is 2.74 bits per heavy atom. The maximum Gasteiger partial charge on any atom is 0.411 e. The fourth-order valence-corrected chi connectivity index (χ4v) is 3.18. The Balaban J connectivity index is 1.56. The Labute approximate surface area is 137 Å². The zero-order valence-electron chi connectivity index (χ0n) is 12.8. The van der Waals surface area contributed by atoms with Crippen molar-refractivity contribution in [2.75, 3.05) is 32.8 Å². The van der Waals surface area contributed by atoms with Gasteiger partial charge in [0, 0.05) is 43.2 Å². The molecule has 0 unspecified atom stereocenters. The highest BCUT2D eigenvalue weighted by atomic mass is 32.1. The number of halogens is 3. The van der Waals surface area contributed by atoms with Crippen LogP contribution in [0.3, 0.4) is 0 Å². The topological polar surface area (TPSA) is 41.6 Å². The monoisotopic (exact) mass is 350 g/mol. The summed E-state index contributed by atoms with van der Waals surface area (Å²) < 4.78 is 40.3. The van der Waals surface area contributed by atoms with Gasteiger partial charge in [0.2, 0.25) is 0 Å². The van der Waals surface area contributed by atoms with Crippen LogP contribution in [0.25, 0.3) is 0 Å². The number of ether oxygens (including phenoxy) is 1. The van der Waals surface area contributed by atoms with E-state index in [1.165, 1.54) is 11.3 Å². The lowest BCUT2D eigenvalue weighted by Crippen LogP contribution is -2.44. The van der Waals surface area contributed by atoms with Gasteiger partial charge in [0.05, 0.1) is 0 Å². The third-order valence-corrected chi connectivity index (χ3v) is 4.42. The lowest BCUT2D eigenvalue weighted by molar-refractivity contribution is -0.174. The Hall–Kier alpha value is -1.12. The predicted octanol–water partition coefficient (Wildman–Crippen LogP) is 2.91. The summed E-state index contributed by atoms with van der Waals surface area (Å²) in [6.45, 7) is 1.35. The summed E-state index contributed by atoms with van der Waals surface area (Å²) in [5.41, 5.74) is 0.694. The number of thiophene rings is 1. The van der Waals surface area contributed by atoms with Crippen molar-refractivity contribution in [2.24, 2.45) is 0 Å². The molecule has 2 heterocycles. The maximum atomic E-state index is 12.0. The largest absolute Gasteiger partial charge is 0.411 e. The highest BCUT2D eigenvalue weighted by Crippen LogP contribution is 2.15. The molecular formula is C15H21F3N2O2S. The van der Waals surface area contributed by atoms with Crippen molar-refractivity contribution < 1.29 is 22.7 Å². The van der Waals surface area contributed by atoms with E-state index in [-0.39, 0.29) is 18.6 Å². The molecule has 1 aliphatic heterocycles. The van der Waals surface area contributed by atoms with Crippen LogP contribution in [0.1, 0.15) is 29.6 Å². The third-order valence-electron chi connectivity index (χ3n) is 3.73. The number of piperidine rings is 1. The van der Waals surface area contributed by atoms with E-state index in [1.54, 1.807) is 6.07 Å². The number of carbonyl (C=O) groups excluding carboxylic acids is 1. The molecule has 0 saturated carbocycles. The first-order valence-corrected chi connectivity index (χ1v) is 8.58. The van der Waals surface area contributed by atoms with E-state index < -0.39 is 12.8 Å². The fourth-order valence-electron chi connectivity index (χ4n) is 2.54. The molecular weight excluding hydrogens is 329 g/mol. The van der Waals surface area contributed by atoms with Gasteiger partial charge < -0.3 is 15.0 Å². The van der Waals surface area contributed by atoms with Gasteiger partial charge in [0.25, 0.3) is 5.91 Å². The van der Waals surface area contributed by atoms with Crippen molar-refractivity contribution in [3.63, 3.8) is 0 Å². The van der Waals surface area contributed by atoms with Crippen molar-refractivity contribution in [3.8, 4) is 0 Å². The molecule has 1 aromatic rings. The summed E-state index contributed by atoms with van der Waals surface area (Å²) in [6, 6.07) is 1.97. The van der Waals surface area contributed by atoms with Gasteiger partial charge in [-0.2, -0.15) is 24.5 Å². The van der Waals surface area contributed by atoms with Gasteiger partial charge in [-0.05, 0) is 30.7 Å². The van der Waals surface area contributed by atoms with Crippen LogP contribution in [0, 0.1) is 0 Å². The van der Waals surface area contributed by atoms with Gasteiger partial charge in [0.1, 0.15) is 6.61 Å². The lowest BCUT2D eigenvalue weighted by Gasteiger charge is -2.32. The average molecular weight is 350 g/mol. The number of amides is 1. The summed E-state index contributed by atoms with van der Waals surface area (Å²) in [4.78, 5) is 14.2. The zero-order chi connectivity index (χ0) is 16.7. The first-order valence-electron chi connectivity index (χ1n) is 7.64. The van der Waals surface area contributed by atoms with Crippen LogP contribution in [0.5, 0.6) is 0 Å². The molecule has 0 radical (unpaired) electrons. The van der Waals surface area contributed by atoms with E-state index in [0.29, 0.717) is 12.0 Å². The first-order chi connectivity index (χ1) is 10.9. The van der Waals surface area contributed by atoms with E-state index in [9.17, 15) is 18.0 Å². The quantitative estimate of drug-likeness (QED) is 0.769. The Morgan fingerprint density at radius 1 is 1.39 bits per heavy atom. The summed E-state index contributed by atoms with van der Waals surface area (Å²) in [5.74, 6) is -0.0368. The van der Waals surface area contributed by atoms with Crippen LogP contribution in [-0.2, 0) is 4.74 Å². The van der Waals surface area contributed by atoms with Crippen LogP contribution in [0.2, 0.25) is 0 Å². The van der Waals surface area contributed by atoms with Gasteiger partial charge in [-0.3, -0.25) is 4.79 Å². The summed E-state index contributed by atoms with van der Waals surface area (Å²) >= 11 is 1.49. The number of hydrogen-bond donors (Lipinski definition) is 1. The molecule has 0 aliphatic carbocycles. The van der Waals surface area contributed by atoms with E-state index in [2.05, 4.69) is 15.0 Å². The Morgan fingerprint density at radius 2 is 2.13 bits per heavy atom.